The molecule has 0 radical (unpaired) electrons. The van der Waals surface area contributed by atoms with Gasteiger partial charge in [0.2, 0.25) is 0 Å². The quantitative estimate of drug-likeness (QED) is 0.825. The van der Waals surface area contributed by atoms with Crippen molar-refractivity contribution in [1.82, 2.24) is 0 Å². The van der Waals surface area contributed by atoms with Gasteiger partial charge in [0.25, 0.3) is 0 Å². The molecule has 0 saturated carbocycles. The predicted octanol–water partition coefficient (Wildman–Crippen LogP) is 3.77. The molecule has 116 valence electrons. The molecule has 0 aliphatic rings. The molecule has 22 heavy (non-hydrogen) atoms. The van der Waals surface area contributed by atoms with Crippen LogP contribution in [0.1, 0.15) is 27.0 Å². The highest BCUT2D eigenvalue weighted by molar-refractivity contribution is 5.90. The van der Waals surface area contributed by atoms with Crippen LogP contribution in [0.25, 0.3) is 0 Å². The summed E-state index contributed by atoms with van der Waals surface area (Å²) in [5.41, 5.74) is 3.53. The summed E-state index contributed by atoms with van der Waals surface area (Å²) in [6.45, 7) is 6.72. The first-order chi connectivity index (χ1) is 10.5. The van der Waals surface area contributed by atoms with E-state index in [-0.39, 0.29) is 12.2 Å². The Hall–Kier alpha value is -2.49. The standard InChI is InChI=1S/C18H20O4/c1-12-8-9-13(2)17(14(12)3)22-11-10-21-16-7-5-4-6-15(16)18(19)20/h4-9H,10-11H2,1-3H3,(H,19,20). The van der Waals surface area contributed by atoms with Crippen LogP contribution in [-0.2, 0) is 0 Å². The van der Waals surface area contributed by atoms with E-state index in [1.54, 1.807) is 18.2 Å². The maximum atomic E-state index is 11.1. The largest absolute Gasteiger partial charge is 0.489 e. The van der Waals surface area contributed by atoms with Crippen molar-refractivity contribution in [3.05, 3.63) is 58.7 Å². The van der Waals surface area contributed by atoms with Crippen molar-refractivity contribution < 1.29 is 19.4 Å². The number of hydrogen-bond acceptors (Lipinski definition) is 3. The van der Waals surface area contributed by atoms with Gasteiger partial charge < -0.3 is 14.6 Å². The number of carbonyl (C=O) groups is 1. The average molecular weight is 300 g/mol. The topological polar surface area (TPSA) is 55.8 Å². The minimum absolute atomic E-state index is 0.158. The predicted molar refractivity (Wildman–Crippen MR) is 85.0 cm³/mol. The zero-order valence-electron chi connectivity index (χ0n) is 13.1. The molecule has 0 aromatic heterocycles. The fourth-order valence-electron chi connectivity index (χ4n) is 2.21. The molecule has 0 amide bonds. The number of aromatic carboxylic acids is 1. The highest BCUT2D eigenvalue weighted by atomic mass is 16.5. The Morgan fingerprint density at radius 3 is 2.32 bits per heavy atom. The number of carboxylic acid groups (broad SMARTS) is 1. The molecule has 2 aromatic carbocycles. The zero-order valence-corrected chi connectivity index (χ0v) is 13.1. The zero-order chi connectivity index (χ0) is 16.1. The summed E-state index contributed by atoms with van der Waals surface area (Å²) in [5, 5.41) is 9.09. The van der Waals surface area contributed by atoms with Crippen LogP contribution in [0.5, 0.6) is 11.5 Å². The highest BCUT2D eigenvalue weighted by Gasteiger charge is 2.10. The lowest BCUT2D eigenvalue weighted by Gasteiger charge is -2.14. The fourth-order valence-corrected chi connectivity index (χ4v) is 2.21. The molecule has 4 heteroatoms. The highest BCUT2D eigenvalue weighted by Crippen LogP contribution is 2.25. The van der Waals surface area contributed by atoms with E-state index in [1.807, 2.05) is 26.8 Å². The Balaban J connectivity index is 1.96. The lowest BCUT2D eigenvalue weighted by molar-refractivity contribution is 0.0691. The third-order valence-corrected chi connectivity index (χ3v) is 3.58. The van der Waals surface area contributed by atoms with Crippen molar-refractivity contribution in [3.8, 4) is 11.5 Å². The third-order valence-electron chi connectivity index (χ3n) is 3.58. The van der Waals surface area contributed by atoms with Crippen LogP contribution in [0.3, 0.4) is 0 Å². The Morgan fingerprint density at radius 1 is 0.955 bits per heavy atom. The van der Waals surface area contributed by atoms with Gasteiger partial charge in [0, 0.05) is 0 Å². The van der Waals surface area contributed by atoms with Crippen LogP contribution in [0.2, 0.25) is 0 Å². The first-order valence-electron chi connectivity index (χ1n) is 7.15. The van der Waals surface area contributed by atoms with Gasteiger partial charge in [0.1, 0.15) is 30.3 Å². The Morgan fingerprint density at radius 2 is 1.59 bits per heavy atom. The van der Waals surface area contributed by atoms with Gasteiger partial charge in [-0.25, -0.2) is 4.79 Å². The van der Waals surface area contributed by atoms with Crippen LogP contribution in [0.4, 0.5) is 0 Å². The van der Waals surface area contributed by atoms with Crippen LogP contribution < -0.4 is 9.47 Å². The van der Waals surface area contributed by atoms with Gasteiger partial charge in [0.05, 0.1) is 0 Å². The smallest absolute Gasteiger partial charge is 0.339 e. The Kier molecular flexibility index (Phi) is 5.04. The molecule has 0 heterocycles. The molecule has 0 aliphatic carbocycles. The summed E-state index contributed by atoms with van der Waals surface area (Å²) in [4.78, 5) is 11.1. The summed E-state index contributed by atoms with van der Waals surface area (Å²) in [6.07, 6.45) is 0. The average Bonchev–Trinajstić information content (AvgIpc) is 2.50. The van der Waals surface area contributed by atoms with Crippen LogP contribution in [-0.4, -0.2) is 24.3 Å². The summed E-state index contributed by atoms with van der Waals surface area (Å²) in [6, 6.07) is 10.7. The number of rotatable bonds is 6. The van der Waals surface area contributed by atoms with Crippen molar-refractivity contribution in [1.29, 1.82) is 0 Å². The molecule has 2 aromatic rings. The van der Waals surface area contributed by atoms with E-state index in [1.165, 1.54) is 11.6 Å². The van der Waals surface area contributed by atoms with Gasteiger partial charge in [-0.05, 0) is 49.6 Å². The van der Waals surface area contributed by atoms with Crippen molar-refractivity contribution in [2.75, 3.05) is 13.2 Å². The van der Waals surface area contributed by atoms with Crippen molar-refractivity contribution in [3.63, 3.8) is 0 Å². The minimum atomic E-state index is -0.998. The van der Waals surface area contributed by atoms with E-state index in [0.29, 0.717) is 12.4 Å². The number of hydrogen-bond donors (Lipinski definition) is 1. The molecule has 2 rings (SSSR count). The van der Waals surface area contributed by atoms with Gasteiger partial charge >= 0.3 is 5.97 Å². The maximum Gasteiger partial charge on any atom is 0.339 e. The van der Waals surface area contributed by atoms with Gasteiger partial charge in [-0.2, -0.15) is 0 Å². The van der Waals surface area contributed by atoms with E-state index in [0.717, 1.165) is 16.9 Å². The fraction of sp³-hybridized carbons (Fsp3) is 0.278. The maximum absolute atomic E-state index is 11.1. The summed E-state index contributed by atoms with van der Waals surface area (Å²) >= 11 is 0. The number of para-hydroxylation sites is 1. The Labute approximate surface area is 130 Å². The molecule has 0 bridgehead atoms. The number of carboxylic acids is 1. The molecular formula is C18H20O4. The molecule has 1 N–H and O–H groups in total. The summed E-state index contributed by atoms with van der Waals surface area (Å²) in [7, 11) is 0. The SMILES string of the molecule is Cc1ccc(C)c(OCCOc2ccccc2C(=O)O)c1C. The van der Waals surface area contributed by atoms with E-state index < -0.39 is 5.97 Å². The molecule has 4 nitrogen and oxygen atoms in total. The summed E-state index contributed by atoms with van der Waals surface area (Å²) < 4.78 is 11.3. The van der Waals surface area contributed by atoms with E-state index in [4.69, 9.17) is 14.6 Å². The van der Waals surface area contributed by atoms with E-state index >= 15 is 0 Å². The van der Waals surface area contributed by atoms with Gasteiger partial charge in [-0.1, -0.05) is 24.3 Å². The number of ether oxygens (including phenoxy) is 2. The molecular weight excluding hydrogens is 280 g/mol. The second kappa shape index (κ2) is 6.98. The molecule has 0 aliphatic heterocycles. The Bertz CT molecular complexity index is 677. The lowest BCUT2D eigenvalue weighted by Crippen LogP contribution is -2.12. The van der Waals surface area contributed by atoms with Gasteiger partial charge in [0.15, 0.2) is 0 Å². The molecule has 0 unspecified atom stereocenters. The minimum Gasteiger partial charge on any atom is -0.489 e. The van der Waals surface area contributed by atoms with Crippen LogP contribution >= 0.6 is 0 Å². The van der Waals surface area contributed by atoms with Crippen molar-refractivity contribution in [2.24, 2.45) is 0 Å². The second-order valence-corrected chi connectivity index (χ2v) is 5.15. The molecule has 0 fully saturated rings. The van der Waals surface area contributed by atoms with Crippen molar-refractivity contribution in [2.45, 2.75) is 20.8 Å². The normalized spacial score (nSPS) is 10.3. The lowest BCUT2D eigenvalue weighted by atomic mass is 10.1. The summed E-state index contributed by atoms with van der Waals surface area (Å²) in [5.74, 6) is 0.230. The first kappa shape index (κ1) is 15.9. The molecule has 0 saturated heterocycles. The van der Waals surface area contributed by atoms with Crippen molar-refractivity contribution >= 4 is 5.97 Å². The number of benzene rings is 2. The molecule has 0 atom stereocenters. The third kappa shape index (κ3) is 3.58. The second-order valence-electron chi connectivity index (χ2n) is 5.15. The van der Waals surface area contributed by atoms with Crippen LogP contribution in [0.15, 0.2) is 36.4 Å². The van der Waals surface area contributed by atoms with Gasteiger partial charge in [-0.15, -0.1) is 0 Å². The van der Waals surface area contributed by atoms with Gasteiger partial charge in [-0.3, -0.25) is 0 Å². The number of aryl methyl sites for hydroxylation is 2. The van der Waals surface area contributed by atoms with E-state index in [2.05, 4.69) is 6.07 Å². The molecule has 0 spiro atoms. The monoisotopic (exact) mass is 300 g/mol. The van der Waals surface area contributed by atoms with E-state index in [9.17, 15) is 4.79 Å². The van der Waals surface area contributed by atoms with Crippen LogP contribution in [0, 0.1) is 20.8 Å². The first-order valence-corrected chi connectivity index (χ1v) is 7.15.